The molecule has 1 aromatic heterocycles. The highest BCUT2D eigenvalue weighted by atomic mass is 32.2. The number of hydrogen-bond acceptors (Lipinski definition) is 5. The van der Waals surface area contributed by atoms with E-state index in [0.717, 1.165) is 0 Å². The minimum Gasteiger partial charge on any atom is -0.435 e. The lowest BCUT2D eigenvalue weighted by Gasteiger charge is -2.34. The number of fused-ring (bicyclic) bond motifs is 1. The molecule has 170 valence electrons. The SMILES string of the molecule is CC1(NC(=O)c2ccc3c(c2)[nH]c(=O)n3-c2cccc(OC(F)F)c2)CCS(=O)(=O)CC1. The lowest BCUT2D eigenvalue weighted by atomic mass is 9.94. The maximum atomic E-state index is 12.8. The number of nitrogens with zero attached hydrogens (tertiary/aromatic N) is 1. The molecule has 2 aromatic carbocycles. The van der Waals surface area contributed by atoms with Gasteiger partial charge in [0.2, 0.25) is 0 Å². The van der Waals surface area contributed by atoms with E-state index in [2.05, 4.69) is 15.0 Å². The number of alkyl halides is 2. The predicted molar refractivity (Wildman–Crippen MR) is 114 cm³/mol. The van der Waals surface area contributed by atoms with Crippen molar-refractivity contribution in [3.8, 4) is 11.4 Å². The fourth-order valence-corrected chi connectivity index (χ4v) is 5.50. The zero-order chi connectivity index (χ0) is 23.1. The minimum absolute atomic E-state index is 0.0212. The molecular formula is C21H21F2N3O5S. The molecule has 1 fully saturated rings. The number of carbonyl (C=O) groups excluding carboxylic acids is 1. The Bertz CT molecular complexity index is 1330. The molecular weight excluding hydrogens is 444 g/mol. The number of sulfone groups is 1. The predicted octanol–water partition coefficient (Wildman–Crippen LogP) is 2.62. The number of aromatic nitrogens is 2. The van der Waals surface area contributed by atoms with Crippen LogP contribution in [-0.2, 0) is 9.84 Å². The van der Waals surface area contributed by atoms with Gasteiger partial charge in [0.1, 0.15) is 15.6 Å². The van der Waals surface area contributed by atoms with E-state index in [1.807, 2.05) is 6.92 Å². The van der Waals surface area contributed by atoms with Crippen LogP contribution >= 0.6 is 0 Å². The normalized spacial score (nSPS) is 17.4. The third-order valence-corrected chi connectivity index (χ3v) is 7.24. The molecule has 2 heterocycles. The third kappa shape index (κ3) is 4.52. The fourth-order valence-electron chi connectivity index (χ4n) is 3.77. The number of rotatable bonds is 5. The Kier molecular flexibility index (Phi) is 5.53. The highest BCUT2D eigenvalue weighted by molar-refractivity contribution is 7.91. The van der Waals surface area contributed by atoms with Gasteiger partial charge in [0, 0.05) is 17.2 Å². The summed E-state index contributed by atoms with van der Waals surface area (Å²) >= 11 is 0. The van der Waals surface area contributed by atoms with E-state index < -0.39 is 27.7 Å². The number of carbonyl (C=O) groups is 1. The molecule has 0 bridgehead atoms. The maximum absolute atomic E-state index is 12.8. The van der Waals surface area contributed by atoms with Crippen molar-refractivity contribution >= 4 is 26.8 Å². The van der Waals surface area contributed by atoms with Crippen LogP contribution < -0.4 is 15.7 Å². The van der Waals surface area contributed by atoms with Gasteiger partial charge in [-0.15, -0.1) is 0 Å². The molecule has 1 aliphatic heterocycles. The van der Waals surface area contributed by atoms with Crippen molar-refractivity contribution < 1.29 is 26.7 Å². The van der Waals surface area contributed by atoms with Crippen LogP contribution in [0.25, 0.3) is 16.7 Å². The minimum atomic E-state index is -3.07. The fraction of sp³-hybridized carbons (Fsp3) is 0.333. The van der Waals surface area contributed by atoms with Crippen molar-refractivity contribution in [2.75, 3.05) is 11.5 Å². The van der Waals surface area contributed by atoms with Gasteiger partial charge in [-0.25, -0.2) is 13.2 Å². The summed E-state index contributed by atoms with van der Waals surface area (Å²) in [6.07, 6.45) is 0.654. The van der Waals surface area contributed by atoms with Gasteiger partial charge in [-0.05, 0) is 50.1 Å². The summed E-state index contributed by atoms with van der Waals surface area (Å²) in [6.45, 7) is -1.18. The molecule has 0 radical (unpaired) electrons. The summed E-state index contributed by atoms with van der Waals surface area (Å²) in [4.78, 5) is 28.0. The van der Waals surface area contributed by atoms with Crippen molar-refractivity contribution in [3.05, 3.63) is 58.5 Å². The molecule has 0 saturated carbocycles. The molecule has 0 unspecified atom stereocenters. The molecule has 32 heavy (non-hydrogen) atoms. The number of imidazole rings is 1. The van der Waals surface area contributed by atoms with Crippen LogP contribution in [0.1, 0.15) is 30.1 Å². The van der Waals surface area contributed by atoms with Crippen molar-refractivity contribution in [3.63, 3.8) is 0 Å². The summed E-state index contributed by atoms with van der Waals surface area (Å²) < 4.78 is 54.1. The van der Waals surface area contributed by atoms with Crippen LogP contribution in [0.3, 0.4) is 0 Å². The lowest BCUT2D eigenvalue weighted by Crippen LogP contribution is -2.50. The summed E-state index contributed by atoms with van der Waals surface area (Å²) in [7, 11) is -3.07. The van der Waals surface area contributed by atoms with Crippen LogP contribution in [0.4, 0.5) is 8.78 Å². The van der Waals surface area contributed by atoms with Gasteiger partial charge in [0.15, 0.2) is 0 Å². The van der Waals surface area contributed by atoms with E-state index in [1.165, 1.54) is 28.8 Å². The summed E-state index contributed by atoms with van der Waals surface area (Å²) in [5.41, 5.74) is 0.330. The molecule has 0 aliphatic carbocycles. The molecule has 0 atom stereocenters. The third-order valence-electron chi connectivity index (χ3n) is 5.59. The Morgan fingerprint density at radius 3 is 2.59 bits per heavy atom. The van der Waals surface area contributed by atoms with Gasteiger partial charge < -0.3 is 15.0 Å². The van der Waals surface area contributed by atoms with E-state index in [4.69, 9.17) is 0 Å². The number of aromatic amines is 1. The van der Waals surface area contributed by atoms with Crippen LogP contribution in [0.15, 0.2) is 47.3 Å². The van der Waals surface area contributed by atoms with Gasteiger partial charge in [-0.2, -0.15) is 8.78 Å². The number of halogens is 2. The van der Waals surface area contributed by atoms with Crippen LogP contribution in [0.5, 0.6) is 5.75 Å². The Morgan fingerprint density at radius 2 is 1.91 bits per heavy atom. The van der Waals surface area contributed by atoms with E-state index in [-0.39, 0.29) is 23.2 Å². The Hall–Kier alpha value is -3.21. The van der Waals surface area contributed by atoms with Gasteiger partial charge in [0.05, 0.1) is 28.2 Å². The number of ether oxygens (including phenoxy) is 1. The van der Waals surface area contributed by atoms with Crippen LogP contribution in [0, 0.1) is 0 Å². The van der Waals surface area contributed by atoms with Crippen molar-refractivity contribution in [2.45, 2.75) is 31.9 Å². The van der Waals surface area contributed by atoms with Crippen molar-refractivity contribution in [1.82, 2.24) is 14.9 Å². The molecule has 8 nitrogen and oxygen atoms in total. The van der Waals surface area contributed by atoms with Crippen LogP contribution in [-0.4, -0.2) is 47.5 Å². The second kappa shape index (κ2) is 8.05. The first-order valence-corrected chi connectivity index (χ1v) is 11.7. The lowest BCUT2D eigenvalue weighted by molar-refractivity contribution is -0.0498. The van der Waals surface area contributed by atoms with Crippen LogP contribution in [0.2, 0.25) is 0 Å². The molecule has 4 rings (SSSR count). The van der Waals surface area contributed by atoms with E-state index in [9.17, 15) is 26.8 Å². The number of hydrogen-bond donors (Lipinski definition) is 2. The van der Waals surface area contributed by atoms with E-state index in [0.29, 0.717) is 35.1 Å². The first-order chi connectivity index (χ1) is 15.1. The molecule has 1 saturated heterocycles. The number of nitrogens with one attached hydrogen (secondary N) is 2. The summed E-state index contributed by atoms with van der Waals surface area (Å²) in [5, 5.41) is 2.90. The van der Waals surface area contributed by atoms with E-state index in [1.54, 1.807) is 18.2 Å². The first kappa shape index (κ1) is 22.0. The number of H-pyrrole nitrogens is 1. The molecule has 1 aliphatic rings. The van der Waals surface area contributed by atoms with E-state index >= 15 is 0 Å². The quantitative estimate of drug-likeness (QED) is 0.602. The topological polar surface area (TPSA) is 110 Å². The molecule has 1 amide bonds. The van der Waals surface area contributed by atoms with Gasteiger partial charge in [-0.1, -0.05) is 6.07 Å². The Morgan fingerprint density at radius 1 is 1.19 bits per heavy atom. The largest absolute Gasteiger partial charge is 0.435 e. The number of amides is 1. The van der Waals surface area contributed by atoms with Gasteiger partial charge >= 0.3 is 12.3 Å². The second-order valence-electron chi connectivity index (χ2n) is 8.04. The smallest absolute Gasteiger partial charge is 0.387 e. The highest BCUT2D eigenvalue weighted by Gasteiger charge is 2.34. The molecule has 0 spiro atoms. The van der Waals surface area contributed by atoms with Gasteiger partial charge in [-0.3, -0.25) is 9.36 Å². The second-order valence-corrected chi connectivity index (χ2v) is 10.3. The monoisotopic (exact) mass is 465 g/mol. The van der Waals surface area contributed by atoms with Gasteiger partial charge in [0.25, 0.3) is 5.91 Å². The standard InChI is InChI=1S/C21H21F2N3O5S/c1-21(7-9-32(29,30)10-8-21)25-18(27)13-5-6-17-16(11-13)24-20(28)26(17)14-3-2-4-15(12-14)31-19(22)23/h2-6,11-12,19H,7-10H2,1H3,(H,24,28)(H,25,27). The summed E-state index contributed by atoms with van der Waals surface area (Å²) in [5.74, 6) is -0.423. The van der Waals surface area contributed by atoms with Crippen molar-refractivity contribution in [1.29, 1.82) is 0 Å². The Labute approximate surface area is 182 Å². The molecule has 3 aromatic rings. The first-order valence-electron chi connectivity index (χ1n) is 9.88. The average molecular weight is 465 g/mol. The average Bonchev–Trinajstić information content (AvgIpc) is 3.05. The zero-order valence-corrected chi connectivity index (χ0v) is 17.9. The molecule has 11 heteroatoms. The van der Waals surface area contributed by atoms with Crippen molar-refractivity contribution in [2.24, 2.45) is 0 Å². The maximum Gasteiger partial charge on any atom is 0.387 e. The zero-order valence-electron chi connectivity index (χ0n) is 17.1. The number of benzene rings is 2. The highest BCUT2D eigenvalue weighted by Crippen LogP contribution is 2.25. The summed E-state index contributed by atoms with van der Waals surface area (Å²) in [6, 6.07) is 10.4. The molecule has 2 N–H and O–H groups in total. The Balaban J connectivity index is 1.61.